The minimum atomic E-state index is -0.257. The molecule has 0 fully saturated rings. The third-order valence-electron chi connectivity index (χ3n) is 4.11. The number of thiazole rings is 1. The summed E-state index contributed by atoms with van der Waals surface area (Å²) < 4.78 is 12.3. The van der Waals surface area contributed by atoms with Crippen molar-refractivity contribution in [3.8, 4) is 22.1 Å². The topological polar surface area (TPSA) is 78.3 Å². The Hall–Kier alpha value is -2.87. The Morgan fingerprint density at radius 3 is 2.54 bits per heavy atom. The average Bonchev–Trinajstić information content (AvgIpc) is 3.22. The molecular formula is C18H20N4O3S. The van der Waals surface area contributed by atoms with Gasteiger partial charge in [-0.3, -0.25) is 9.48 Å². The molecule has 3 aromatic rings. The zero-order chi connectivity index (χ0) is 18.8. The lowest BCUT2D eigenvalue weighted by atomic mass is 10.2. The summed E-state index contributed by atoms with van der Waals surface area (Å²) in [5, 5.41) is 9.67. The van der Waals surface area contributed by atoms with Crippen molar-refractivity contribution in [1.29, 1.82) is 0 Å². The van der Waals surface area contributed by atoms with E-state index in [1.54, 1.807) is 24.3 Å². The molecule has 1 amide bonds. The number of aryl methyl sites for hydroxylation is 2. The SMILES string of the molecule is COc1ccc(-c2nc(C(=O)Nc3c(C)nn(C)c3C)cs2)cc1OC. The van der Waals surface area contributed by atoms with E-state index in [2.05, 4.69) is 15.4 Å². The quantitative estimate of drug-likeness (QED) is 0.742. The van der Waals surface area contributed by atoms with Crippen molar-refractivity contribution in [3.63, 3.8) is 0 Å². The number of nitrogens with one attached hydrogen (secondary N) is 1. The summed E-state index contributed by atoms with van der Waals surface area (Å²) in [6, 6.07) is 5.55. The highest BCUT2D eigenvalue weighted by Gasteiger charge is 2.17. The first-order valence-corrected chi connectivity index (χ1v) is 8.82. The molecule has 0 unspecified atom stereocenters. The fourth-order valence-electron chi connectivity index (χ4n) is 2.61. The Balaban J connectivity index is 1.84. The van der Waals surface area contributed by atoms with Crippen LogP contribution >= 0.6 is 11.3 Å². The second-order valence-electron chi connectivity index (χ2n) is 5.73. The highest BCUT2D eigenvalue weighted by atomic mass is 32.1. The summed E-state index contributed by atoms with van der Waals surface area (Å²) in [7, 11) is 5.02. The predicted octanol–water partition coefficient (Wildman–Crippen LogP) is 3.43. The number of methoxy groups -OCH3 is 2. The number of nitrogens with zero attached hydrogens (tertiary/aromatic N) is 3. The number of rotatable bonds is 5. The molecule has 7 nitrogen and oxygen atoms in total. The molecule has 0 saturated heterocycles. The maximum Gasteiger partial charge on any atom is 0.275 e. The second kappa shape index (κ2) is 7.17. The Bertz CT molecular complexity index is 961. The van der Waals surface area contributed by atoms with Gasteiger partial charge in [-0.25, -0.2) is 4.98 Å². The second-order valence-corrected chi connectivity index (χ2v) is 6.59. The van der Waals surface area contributed by atoms with E-state index < -0.39 is 0 Å². The van der Waals surface area contributed by atoms with Gasteiger partial charge in [0.2, 0.25) is 0 Å². The van der Waals surface area contributed by atoms with Gasteiger partial charge in [0.1, 0.15) is 10.7 Å². The van der Waals surface area contributed by atoms with Gasteiger partial charge in [-0.15, -0.1) is 11.3 Å². The molecule has 2 heterocycles. The maximum atomic E-state index is 12.5. The summed E-state index contributed by atoms with van der Waals surface area (Å²) in [6.07, 6.45) is 0. The van der Waals surface area contributed by atoms with Crippen molar-refractivity contribution in [3.05, 3.63) is 40.7 Å². The molecule has 0 aliphatic rings. The van der Waals surface area contributed by atoms with Gasteiger partial charge in [0.05, 0.1) is 31.3 Å². The first-order chi connectivity index (χ1) is 12.4. The van der Waals surface area contributed by atoms with Crippen LogP contribution in [0, 0.1) is 13.8 Å². The predicted molar refractivity (Wildman–Crippen MR) is 101 cm³/mol. The monoisotopic (exact) mass is 372 g/mol. The third kappa shape index (κ3) is 3.28. The van der Waals surface area contributed by atoms with E-state index in [9.17, 15) is 4.79 Å². The van der Waals surface area contributed by atoms with Gasteiger partial charge in [-0.1, -0.05) is 0 Å². The normalized spacial score (nSPS) is 10.7. The summed E-state index contributed by atoms with van der Waals surface area (Å²) in [5.74, 6) is 1.01. The maximum absolute atomic E-state index is 12.5. The lowest BCUT2D eigenvalue weighted by molar-refractivity contribution is 0.102. The lowest BCUT2D eigenvalue weighted by Gasteiger charge is -2.08. The number of hydrogen-bond donors (Lipinski definition) is 1. The smallest absolute Gasteiger partial charge is 0.275 e. The number of aromatic nitrogens is 3. The standard InChI is InChI=1S/C18H20N4O3S/c1-10-16(11(2)22(3)21-10)20-17(23)13-9-26-18(19-13)12-6-7-14(24-4)15(8-12)25-5/h6-9H,1-5H3,(H,20,23). The minimum Gasteiger partial charge on any atom is -0.493 e. The molecule has 0 aliphatic heterocycles. The van der Waals surface area contributed by atoms with Gasteiger partial charge in [-0.2, -0.15) is 5.10 Å². The van der Waals surface area contributed by atoms with Crippen LogP contribution in [0.5, 0.6) is 11.5 Å². The lowest BCUT2D eigenvalue weighted by Crippen LogP contribution is -2.13. The highest BCUT2D eigenvalue weighted by molar-refractivity contribution is 7.13. The van der Waals surface area contributed by atoms with Gasteiger partial charge >= 0.3 is 0 Å². The molecule has 2 aromatic heterocycles. The van der Waals surface area contributed by atoms with Crippen LogP contribution in [0.3, 0.4) is 0 Å². The van der Waals surface area contributed by atoms with E-state index in [4.69, 9.17) is 9.47 Å². The van der Waals surface area contributed by atoms with Crippen LogP contribution < -0.4 is 14.8 Å². The van der Waals surface area contributed by atoms with Crippen molar-refractivity contribution in [2.24, 2.45) is 7.05 Å². The van der Waals surface area contributed by atoms with E-state index in [1.807, 2.05) is 39.1 Å². The largest absolute Gasteiger partial charge is 0.493 e. The summed E-state index contributed by atoms with van der Waals surface area (Å²) in [6.45, 7) is 3.77. The number of amides is 1. The Labute approximate surface area is 155 Å². The number of ether oxygens (including phenoxy) is 2. The fourth-order valence-corrected chi connectivity index (χ4v) is 3.41. The van der Waals surface area contributed by atoms with Crippen LogP contribution in [0.25, 0.3) is 10.6 Å². The minimum absolute atomic E-state index is 0.257. The molecule has 0 atom stereocenters. The van der Waals surface area contributed by atoms with Crippen LogP contribution in [0.2, 0.25) is 0 Å². The molecule has 0 saturated carbocycles. The van der Waals surface area contributed by atoms with Gasteiger partial charge in [0.25, 0.3) is 5.91 Å². The van der Waals surface area contributed by atoms with E-state index >= 15 is 0 Å². The van der Waals surface area contributed by atoms with E-state index in [0.29, 0.717) is 17.2 Å². The van der Waals surface area contributed by atoms with Crippen LogP contribution in [-0.2, 0) is 7.05 Å². The highest BCUT2D eigenvalue weighted by Crippen LogP contribution is 2.33. The van der Waals surface area contributed by atoms with Crippen molar-refractivity contribution in [2.45, 2.75) is 13.8 Å². The van der Waals surface area contributed by atoms with Crippen molar-refractivity contribution >= 4 is 22.9 Å². The molecule has 1 aromatic carbocycles. The van der Waals surface area contributed by atoms with Gasteiger partial charge in [0.15, 0.2) is 11.5 Å². The van der Waals surface area contributed by atoms with E-state index in [-0.39, 0.29) is 5.91 Å². The van der Waals surface area contributed by atoms with Crippen LogP contribution in [0.4, 0.5) is 5.69 Å². The molecule has 0 spiro atoms. The Kier molecular flexibility index (Phi) is 4.94. The number of carbonyl (C=O) groups is 1. The number of carbonyl (C=O) groups excluding carboxylic acids is 1. The van der Waals surface area contributed by atoms with E-state index in [0.717, 1.165) is 27.6 Å². The Morgan fingerprint density at radius 1 is 1.19 bits per heavy atom. The van der Waals surface area contributed by atoms with E-state index in [1.165, 1.54) is 11.3 Å². The number of hydrogen-bond acceptors (Lipinski definition) is 6. The zero-order valence-electron chi connectivity index (χ0n) is 15.3. The van der Waals surface area contributed by atoms with Crippen molar-refractivity contribution in [2.75, 3.05) is 19.5 Å². The molecular weight excluding hydrogens is 352 g/mol. The first kappa shape index (κ1) is 17.9. The molecule has 0 aliphatic carbocycles. The molecule has 26 heavy (non-hydrogen) atoms. The number of benzene rings is 1. The summed E-state index contributed by atoms with van der Waals surface area (Å²) >= 11 is 1.40. The van der Waals surface area contributed by atoms with Crippen LogP contribution in [0.15, 0.2) is 23.6 Å². The van der Waals surface area contributed by atoms with Gasteiger partial charge in [0, 0.05) is 18.0 Å². The van der Waals surface area contributed by atoms with Crippen LogP contribution in [-0.4, -0.2) is 34.9 Å². The molecule has 1 N–H and O–H groups in total. The van der Waals surface area contributed by atoms with Gasteiger partial charge < -0.3 is 14.8 Å². The summed E-state index contributed by atoms with van der Waals surface area (Å²) in [4.78, 5) is 17.0. The van der Waals surface area contributed by atoms with Crippen LogP contribution in [0.1, 0.15) is 21.9 Å². The first-order valence-electron chi connectivity index (χ1n) is 7.94. The molecule has 0 bridgehead atoms. The van der Waals surface area contributed by atoms with Crippen molar-refractivity contribution < 1.29 is 14.3 Å². The molecule has 3 rings (SSSR count). The summed E-state index contributed by atoms with van der Waals surface area (Å²) in [5.41, 5.74) is 3.61. The molecule has 8 heteroatoms. The zero-order valence-corrected chi connectivity index (χ0v) is 16.1. The number of anilines is 1. The third-order valence-corrected chi connectivity index (χ3v) is 5.01. The molecule has 0 radical (unpaired) electrons. The average molecular weight is 372 g/mol. The fraction of sp³-hybridized carbons (Fsp3) is 0.278. The van der Waals surface area contributed by atoms with Gasteiger partial charge in [-0.05, 0) is 32.0 Å². The van der Waals surface area contributed by atoms with Crippen molar-refractivity contribution in [1.82, 2.24) is 14.8 Å². The Morgan fingerprint density at radius 2 is 1.92 bits per heavy atom. The molecule has 136 valence electrons.